The van der Waals surface area contributed by atoms with Gasteiger partial charge in [-0.25, -0.2) is 8.42 Å². The molecule has 0 unspecified atom stereocenters. The number of hydrogen-bond acceptors (Lipinski definition) is 3. The zero-order valence-corrected chi connectivity index (χ0v) is 13.4. The number of rotatable bonds is 4. The molecule has 5 heteroatoms. The summed E-state index contributed by atoms with van der Waals surface area (Å²) in [7, 11) is -3.05. The first-order valence-corrected chi connectivity index (χ1v) is 8.85. The van der Waals surface area contributed by atoms with Crippen LogP contribution in [0.1, 0.15) is 24.5 Å². The molecule has 1 saturated heterocycles. The molecule has 0 aliphatic carbocycles. The highest BCUT2D eigenvalue weighted by atomic mass is 32.2. The smallest absolute Gasteiger partial charge is 0.214 e. The van der Waals surface area contributed by atoms with Crippen LogP contribution in [0.4, 0.5) is 5.69 Å². The van der Waals surface area contributed by atoms with Crippen molar-refractivity contribution < 1.29 is 8.42 Å². The first-order valence-electron chi connectivity index (χ1n) is 7.24. The van der Waals surface area contributed by atoms with Crippen LogP contribution in [0.3, 0.4) is 0 Å². The summed E-state index contributed by atoms with van der Waals surface area (Å²) in [5.74, 6) is 0.260. The van der Waals surface area contributed by atoms with Gasteiger partial charge in [0.1, 0.15) is 0 Å². The average Bonchev–Trinajstić information content (AvgIpc) is 2.39. The van der Waals surface area contributed by atoms with Crippen molar-refractivity contribution in [1.29, 1.82) is 0 Å². The van der Waals surface area contributed by atoms with E-state index in [2.05, 4.69) is 36.9 Å². The summed E-state index contributed by atoms with van der Waals surface area (Å²) in [5.41, 5.74) is 3.78. The Morgan fingerprint density at radius 3 is 2.10 bits per heavy atom. The lowest BCUT2D eigenvalue weighted by Crippen LogP contribution is -2.49. The molecular weight excluding hydrogens is 272 g/mol. The predicted molar refractivity (Wildman–Crippen MR) is 83.8 cm³/mol. The molecule has 0 N–H and O–H groups in total. The van der Waals surface area contributed by atoms with E-state index in [1.807, 2.05) is 6.92 Å². The van der Waals surface area contributed by atoms with Gasteiger partial charge in [-0.2, -0.15) is 4.31 Å². The predicted octanol–water partition coefficient (Wildman–Crippen LogP) is 2.17. The number of piperazine rings is 1. The molecule has 0 spiro atoms. The lowest BCUT2D eigenvalue weighted by Gasteiger charge is -2.36. The molecule has 2 rings (SSSR count). The molecule has 1 heterocycles. The van der Waals surface area contributed by atoms with Gasteiger partial charge in [0.15, 0.2) is 0 Å². The number of hydrogen-bond donors (Lipinski definition) is 0. The summed E-state index contributed by atoms with van der Waals surface area (Å²) in [6.45, 7) is 8.87. The van der Waals surface area contributed by atoms with Gasteiger partial charge in [0, 0.05) is 31.9 Å². The lowest BCUT2D eigenvalue weighted by atomic mass is 10.1. The first-order chi connectivity index (χ1) is 9.45. The Kier molecular flexibility index (Phi) is 4.70. The van der Waals surface area contributed by atoms with E-state index in [4.69, 9.17) is 0 Å². The molecule has 20 heavy (non-hydrogen) atoms. The highest BCUT2D eigenvalue weighted by Gasteiger charge is 2.27. The average molecular weight is 296 g/mol. The Balaban J connectivity index is 2.09. The quantitative estimate of drug-likeness (QED) is 0.855. The highest BCUT2D eigenvalue weighted by Crippen LogP contribution is 2.26. The van der Waals surface area contributed by atoms with Crippen molar-refractivity contribution >= 4 is 15.7 Å². The summed E-state index contributed by atoms with van der Waals surface area (Å²) in [6, 6.07) is 6.29. The van der Waals surface area contributed by atoms with Crippen LogP contribution in [-0.4, -0.2) is 44.7 Å². The maximum Gasteiger partial charge on any atom is 0.214 e. The Labute approximate surface area is 122 Å². The summed E-state index contributed by atoms with van der Waals surface area (Å²) < 4.78 is 25.8. The van der Waals surface area contributed by atoms with Crippen LogP contribution >= 0.6 is 0 Å². The number of para-hydroxylation sites is 1. The van der Waals surface area contributed by atoms with Gasteiger partial charge in [-0.05, 0) is 31.4 Å². The molecule has 0 amide bonds. The molecule has 0 radical (unpaired) electrons. The normalized spacial score (nSPS) is 17.4. The van der Waals surface area contributed by atoms with Crippen molar-refractivity contribution in [2.45, 2.75) is 27.2 Å². The van der Waals surface area contributed by atoms with E-state index in [9.17, 15) is 8.42 Å². The van der Waals surface area contributed by atoms with Gasteiger partial charge in [-0.3, -0.25) is 0 Å². The molecule has 1 aromatic carbocycles. The first kappa shape index (κ1) is 15.3. The second-order valence-electron chi connectivity index (χ2n) is 5.44. The Hall–Kier alpha value is -1.07. The SMILES string of the molecule is CCCS(=O)(=O)N1CCN(c2c(C)cccc2C)CC1. The summed E-state index contributed by atoms with van der Waals surface area (Å²) >= 11 is 0. The largest absolute Gasteiger partial charge is 0.368 e. The van der Waals surface area contributed by atoms with Crippen LogP contribution in [0.2, 0.25) is 0 Å². The fourth-order valence-corrected chi connectivity index (χ4v) is 4.38. The minimum absolute atomic E-state index is 0.260. The molecule has 0 atom stereocenters. The number of benzene rings is 1. The summed E-state index contributed by atoms with van der Waals surface area (Å²) in [5, 5.41) is 0. The molecule has 0 aromatic heterocycles. The number of sulfonamides is 1. The molecule has 1 aromatic rings. The molecule has 0 bridgehead atoms. The zero-order valence-electron chi connectivity index (χ0n) is 12.6. The van der Waals surface area contributed by atoms with Crippen molar-refractivity contribution in [1.82, 2.24) is 4.31 Å². The molecule has 112 valence electrons. The number of aryl methyl sites for hydroxylation is 2. The topological polar surface area (TPSA) is 40.6 Å². The van der Waals surface area contributed by atoms with E-state index in [0.29, 0.717) is 19.5 Å². The number of anilines is 1. The van der Waals surface area contributed by atoms with Crippen molar-refractivity contribution in [3.63, 3.8) is 0 Å². The molecule has 1 aliphatic heterocycles. The van der Waals surface area contributed by atoms with Gasteiger partial charge >= 0.3 is 0 Å². The molecule has 4 nitrogen and oxygen atoms in total. The third-order valence-corrected chi connectivity index (χ3v) is 5.93. The fraction of sp³-hybridized carbons (Fsp3) is 0.600. The maximum absolute atomic E-state index is 12.1. The summed E-state index contributed by atoms with van der Waals surface area (Å²) in [6.07, 6.45) is 0.680. The van der Waals surface area contributed by atoms with Crippen LogP contribution in [0.15, 0.2) is 18.2 Å². The van der Waals surface area contributed by atoms with Crippen LogP contribution in [-0.2, 0) is 10.0 Å². The highest BCUT2D eigenvalue weighted by molar-refractivity contribution is 7.89. The van der Waals surface area contributed by atoms with Gasteiger partial charge in [-0.15, -0.1) is 0 Å². The van der Waals surface area contributed by atoms with Crippen LogP contribution in [0.25, 0.3) is 0 Å². The van der Waals surface area contributed by atoms with E-state index in [1.165, 1.54) is 16.8 Å². The molecule has 1 fully saturated rings. The Bertz CT molecular complexity index is 541. The van der Waals surface area contributed by atoms with Crippen molar-refractivity contribution in [2.24, 2.45) is 0 Å². The second kappa shape index (κ2) is 6.14. The minimum atomic E-state index is -3.05. The van der Waals surface area contributed by atoms with Gasteiger partial charge in [0.05, 0.1) is 5.75 Å². The van der Waals surface area contributed by atoms with Crippen molar-refractivity contribution in [2.75, 3.05) is 36.8 Å². The third-order valence-electron chi connectivity index (χ3n) is 3.85. The van der Waals surface area contributed by atoms with E-state index in [-0.39, 0.29) is 5.75 Å². The standard InChI is InChI=1S/C15H24N2O2S/c1-4-12-20(18,19)17-10-8-16(9-11-17)15-13(2)6-5-7-14(15)3/h5-7H,4,8-12H2,1-3H3. The molecule has 0 saturated carbocycles. The van der Waals surface area contributed by atoms with Gasteiger partial charge in [-0.1, -0.05) is 25.1 Å². The van der Waals surface area contributed by atoms with Crippen LogP contribution in [0.5, 0.6) is 0 Å². The van der Waals surface area contributed by atoms with E-state index < -0.39 is 10.0 Å². The van der Waals surface area contributed by atoms with Crippen molar-refractivity contribution in [3.05, 3.63) is 29.3 Å². The third kappa shape index (κ3) is 3.15. The van der Waals surface area contributed by atoms with E-state index in [0.717, 1.165) is 13.1 Å². The fourth-order valence-electron chi connectivity index (χ4n) is 2.88. The van der Waals surface area contributed by atoms with Crippen LogP contribution in [0, 0.1) is 13.8 Å². The molecular formula is C15H24N2O2S. The van der Waals surface area contributed by atoms with Gasteiger partial charge in [0.25, 0.3) is 0 Å². The van der Waals surface area contributed by atoms with Gasteiger partial charge < -0.3 is 4.90 Å². The van der Waals surface area contributed by atoms with E-state index in [1.54, 1.807) is 4.31 Å². The Morgan fingerprint density at radius 2 is 1.60 bits per heavy atom. The van der Waals surface area contributed by atoms with Gasteiger partial charge in [0.2, 0.25) is 10.0 Å². The van der Waals surface area contributed by atoms with Crippen molar-refractivity contribution in [3.8, 4) is 0 Å². The maximum atomic E-state index is 12.1. The molecule has 1 aliphatic rings. The zero-order chi connectivity index (χ0) is 14.8. The second-order valence-corrected chi connectivity index (χ2v) is 7.53. The minimum Gasteiger partial charge on any atom is -0.368 e. The monoisotopic (exact) mass is 296 g/mol. The Morgan fingerprint density at radius 1 is 1.05 bits per heavy atom. The number of nitrogens with zero attached hydrogens (tertiary/aromatic N) is 2. The summed E-state index contributed by atoms with van der Waals surface area (Å²) in [4.78, 5) is 2.31. The van der Waals surface area contributed by atoms with E-state index >= 15 is 0 Å². The van der Waals surface area contributed by atoms with Crippen LogP contribution < -0.4 is 4.90 Å². The lowest BCUT2D eigenvalue weighted by molar-refractivity contribution is 0.384.